The van der Waals surface area contributed by atoms with Gasteiger partial charge < -0.3 is 34.3 Å². The molecule has 0 aromatic heterocycles. The van der Waals surface area contributed by atoms with Gasteiger partial charge in [0.15, 0.2) is 28.8 Å². The van der Waals surface area contributed by atoms with Crippen LogP contribution in [0.2, 0.25) is 0 Å². The summed E-state index contributed by atoms with van der Waals surface area (Å²) in [6, 6.07) is 3.21. The lowest BCUT2D eigenvalue weighted by Gasteiger charge is -2.44. The van der Waals surface area contributed by atoms with Crippen molar-refractivity contribution in [1.82, 2.24) is 0 Å². The minimum absolute atomic E-state index is 0.124. The molecule has 2 aliphatic rings. The minimum Gasteiger partial charge on any atom is -0.502 e. The zero-order valence-corrected chi connectivity index (χ0v) is 17.2. The molecule has 2 aliphatic carbocycles. The number of phenolic OH excluding ortho intramolecular Hbond substituents is 2. The zero-order chi connectivity index (χ0) is 21.7. The molecule has 0 unspecified atom stereocenters. The quantitative estimate of drug-likeness (QED) is 0.680. The van der Waals surface area contributed by atoms with Gasteiger partial charge in [-0.2, -0.15) is 0 Å². The van der Waals surface area contributed by atoms with Crippen molar-refractivity contribution in [2.45, 2.75) is 12.3 Å². The number of fused-ring (bicyclic) bond motifs is 6. The van der Waals surface area contributed by atoms with Crippen LogP contribution in [0.25, 0.3) is 0 Å². The summed E-state index contributed by atoms with van der Waals surface area (Å²) in [6.45, 7) is -0.235. The lowest BCUT2D eigenvalue weighted by Crippen LogP contribution is -2.42. The third-order valence-electron chi connectivity index (χ3n) is 6.29. The van der Waals surface area contributed by atoms with E-state index >= 15 is 0 Å². The summed E-state index contributed by atoms with van der Waals surface area (Å²) in [5, 5.41) is 31.4. The highest BCUT2D eigenvalue weighted by Crippen LogP contribution is 2.58. The van der Waals surface area contributed by atoms with Crippen molar-refractivity contribution in [2.24, 2.45) is 11.8 Å². The molecule has 0 aliphatic heterocycles. The van der Waals surface area contributed by atoms with E-state index in [0.29, 0.717) is 23.1 Å². The van der Waals surface area contributed by atoms with E-state index in [-0.39, 0.29) is 46.9 Å². The summed E-state index contributed by atoms with van der Waals surface area (Å²) in [5.41, 5.74) is 2.28. The number of benzene rings is 2. The fourth-order valence-electron chi connectivity index (χ4n) is 4.98. The molecule has 0 amide bonds. The molecule has 2 aromatic carbocycles. The average Bonchev–Trinajstić information content (AvgIpc) is 2.75. The second kappa shape index (κ2) is 7.28. The van der Waals surface area contributed by atoms with Gasteiger partial charge in [-0.25, -0.2) is 0 Å². The maximum Gasteiger partial charge on any atom is 0.201 e. The average molecular weight is 416 g/mol. The Bertz CT molecular complexity index is 1030. The van der Waals surface area contributed by atoms with Gasteiger partial charge in [-0.15, -0.1) is 0 Å². The number of ether oxygens (including phenoxy) is 4. The molecule has 8 heteroatoms. The number of ketones is 1. The lowest BCUT2D eigenvalue weighted by atomic mass is 9.59. The Morgan fingerprint density at radius 2 is 1.53 bits per heavy atom. The summed E-state index contributed by atoms with van der Waals surface area (Å²) in [6.07, 6.45) is 0.293. The van der Waals surface area contributed by atoms with Crippen molar-refractivity contribution in [2.75, 3.05) is 35.0 Å². The minimum atomic E-state index is -0.527. The summed E-state index contributed by atoms with van der Waals surface area (Å²) in [7, 11) is 5.68. The highest BCUT2D eigenvalue weighted by atomic mass is 16.5. The molecule has 160 valence electrons. The monoisotopic (exact) mass is 416 g/mol. The van der Waals surface area contributed by atoms with Crippen LogP contribution >= 0.6 is 0 Å². The van der Waals surface area contributed by atoms with Crippen molar-refractivity contribution in [3.8, 4) is 34.5 Å². The van der Waals surface area contributed by atoms with Crippen molar-refractivity contribution in [1.29, 1.82) is 0 Å². The number of aliphatic hydroxyl groups is 1. The predicted molar refractivity (Wildman–Crippen MR) is 106 cm³/mol. The van der Waals surface area contributed by atoms with Gasteiger partial charge in [-0.05, 0) is 24.1 Å². The fourth-order valence-corrected chi connectivity index (χ4v) is 4.98. The molecule has 0 saturated carbocycles. The molecule has 3 atom stereocenters. The maximum atomic E-state index is 13.4. The van der Waals surface area contributed by atoms with E-state index in [4.69, 9.17) is 18.9 Å². The Hall–Kier alpha value is -3.13. The summed E-state index contributed by atoms with van der Waals surface area (Å²) in [5.74, 6) is -1.26. The molecular weight excluding hydrogens is 392 g/mol. The van der Waals surface area contributed by atoms with Crippen LogP contribution in [0.3, 0.4) is 0 Å². The first-order valence-electron chi connectivity index (χ1n) is 9.52. The van der Waals surface area contributed by atoms with Crippen molar-refractivity contribution >= 4 is 5.78 Å². The molecule has 30 heavy (non-hydrogen) atoms. The number of hydrogen-bond donors (Lipinski definition) is 3. The molecule has 4 rings (SSSR count). The number of aliphatic hydroxyl groups excluding tert-OH is 1. The number of Topliss-reactive ketones (excluding diaryl/α,β-unsaturated/α-hetero) is 1. The van der Waals surface area contributed by atoms with Crippen molar-refractivity contribution in [3.63, 3.8) is 0 Å². The second-order valence-electron chi connectivity index (χ2n) is 7.45. The van der Waals surface area contributed by atoms with E-state index in [2.05, 4.69) is 0 Å². The summed E-state index contributed by atoms with van der Waals surface area (Å²) < 4.78 is 21.5. The Kier molecular flexibility index (Phi) is 4.89. The molecule has 0 fully saturated rings. The first-order valence-corrected chi connectivity index (χ1v) is 9.52. The number of phenols is 2. The predicted octanol–water partition coefficient (Wildman–Crippen LogP) is 2.24. The van der Waals surface area contributed by atoms with E-state index in [1.54, 1.807) is 6.07 Å². The van der Waals surface area contributed by atoms with Gasteiger partial charge in [0.1, 0.15) is 0 Å². The number of carbonyl (C=O) groups is 1. The van der Waals surface area contributed by atoms with Crippen LogP contribution in [0.4, 0.5) is 0 Å². The third-order valence-corrected chi connectivity index (χ3v) is 6.29. The first-order chi connectivity index (χ1) is 14.4. The third kappa shape index (κ3) is 2.53. The van der Waals surface area contributed by atoms with Gasteiger partial charge in [0.05, 0.1) is 28.4 Å². The van der Waals surface area contributed by atoms with E-state index in [1.165, 1.54) is 34.5 Å². The maximum absolute atomic E-state index is 13.4. The first kappa shape index (κ1) is 20.2. The molecule has 2 aromatic rings. The van der Waals surface area contributed by atoms with Crippen LogP contribution in [0.5, 0.6) is 34.5 Å². The number of carbonyl (C=O) groups excluding carboxylic acids is 1. The molecule has 2 bridgehead atoms. The van der Waals surface area contributed by atoms with Crippen LogP contribution in [-0.4, -0.2) is 56.1 Å². The number of hydrogen-bond acceptors (Lipinski definition) is 8. The molecule has 8 nitrogen and oxygen atoms in total. The van der Waals surface area contributed by atoms with E-state index in [9.17, 15) is 20.1 Å². The van der Waals surface area contributed by atoms with Gasteiger partial charge in [0.2, 0.25) is 11.5 Å². The number of methoxy groups -OCH3 is 4. The van der Waals surface area contributed by atoms with Gasteiger partial charge in [-0.3, -0.25) is 4.79 Å². The Balaban J connectivity index is 2.10. The fraction of sp³-hybridized carbons (Fsp3) is 0.409. The van der Waals surface area contributed by atoms with Crippen LogP contribution in [0, 0.1) is 11.8 Å². The number of aromatic hydroxyl groups is 2. The van der Waals surface area contributed by atoms with E-state index in [0.717, 1.165) is 5.56 Å². The Morgan fingerprint density at radius 3 is 2.10 bits per heavy atom. The van der Waals surface area contributed by atoms with Gasteiger partial charge in [-0.1, -0.05) is 0 Å². The zero-order valence-electron chi connectivity index (χ0n) is 17.2. The molecule has 0 spiro atoms. The SMILES string of the molecule is COc1cc2c(c(OC)c1O)C[C@H]1C(=O)c3cc(OC)c(O)c(OC)c3[C@@H]2[C@H]1CO. The topological polar surface area (TPSA) is 115 Å². The molecule has 0 radical (unpaired) electrons. The highest BCUT2D eigenvalue weighted by Gasteiger charge is 2.50. The van der Waals surface area contributed by atoms with Gasteiger partial charge in [0, 0.05) is 41.1 Å². The summed E-state index contributed by atoms with van der Waals surface area (Å²) >= 11 is 0. The molecule has 0 heterocycles. The lowest BCUT2D eigenvalue weighted by molar-refractivity contribution is 0.0733. The van der Waals surface area contributed by atoms with Crippen molar-refractivity contribution < 1.29 is 39.1 Å². The molecular formula is C22H24O8. The highest BCUT2D eigenvalue weighted by molar-refractivity contribution is 6.03. The van der Waals surface area contributed by atoms with Gasteiger partial charge in [0.25, 0.3) is 0 Å². The van der Waals surface area contributed by atoms with Crippen LogP contribution < -0.4 is 18.9 Å². The normalized spacial score (nSPS) is 21.5. The van der Waals surface area contributed by atoms with Crippen LogP contribution in [-0.2, 0) is 6.42 Å². The van der Waals surface area contributed by atoms with Gasteiger partial charge >= 0.3 is 0 Å². The second-order valence-corrected chi connectivity index (χ2v) is 7.45. The smallest absolute Gasteiger partial charge is 0.201 e. The van der Waals surface area contributed by atoms with Crippen LogP contribution in [0.1, 0.15) is 33.0 Å². The largest absolute Gasteiger partial charge is 0.502 e. The van der Waals surface area contributed by atoms with Crippen molar-refractivity contribution in [3.05, 3.63) is 34.4 Å². The Morgan fingerprint density at radius 1 is 0.933 bits per heavy atom. The number of rotatable bonds is 5. The van der Waals surface area contributed by atoms with E-state index in [1.807, 2.05) is 0 Å². The standard InChI is InChI=1S/C22H24O8/c1-27-14-6-9-11(21(29-3)19(14)25)5-10-13(8-23)16(9)17-12(18(10)24)7-15(28-2)20(26)22(17)30-4/h6-7,10,13,16,23,25-26H,5,8H2,1-4H3/t10-,13+,16+/m1/s1. The summed E-state index contributed by atoms with van der Waals surface area (Å²) in [4.78, 5) is 13.4. The van der Waals surface area contributed by atoms with E-state index < -0.39 is 17.8 Å². The Labute approximate surface area is 173 Å². The molecule has 3 N–H and O–H groups in total. The molecule has 0 saturated heterocycles. The van der Waals surface area contributed by atoms with Crippen LogP contribution in [0.15, 0.2) is 12.1 Å².